The Bertz CT molecular complexity index is 324. The lowest BCUT2D eigenvalue weighted by molar-refractivity contribution is -0.157. The highest BCUT2D eigenvalue weighted by atomic mass is 16.5. The Kier molecular flexibility index (Phi) is 3.05. The zero-order valence-electron chi connectivity index (χ0n) is 7.47. The van der Waals surface area contributed by atoms with E-state index in [-0.39, 0.29) is 11.5 Å². The van der Waals surface area contributed by atoms with Crippen molar-refractivity contribution in [2.75, 3.05) is 12.8 Å². The Hall–Kier alpha value is -1.60. The van der Waals surface area contributed by atoms with Crippen LogP contribution in [0, 0.1) is 0 Å². The van der Waals surface area contributed by atoms with E-state index in [1.807, 2.05) is 0 Å². The third-order valence-corrected chi connectivity index (χ3v) is 1.68. The van der Waals surface area contributed by atoms with Gasteiger partial charge in [-0.25, -0.2) is 4.79 Å². The van der Waals surface area contributed by atoms with Gasteiger partial charge in [-0.3, -0.25) is 5.10 Å². The molecule has 0 saturated carbocycles. The van der Waals surface area contributed by atoms with E-state index in [2.05, 4.69) is 14.9 Å². The van der Waals surface area contributed by atoms with Crippen LogP contribution < -0.4 is 5.73 Å². The van der Waals surface area contributed by atoms with Gasteiger partial charge >= 0.3 is 5.97 Å². The molecule has 2 atom stereocenters. The van der Waals surface area contributed by atoms with Crippen molar-refractivity contribution < 1.29 is 19.7 Å². The maximum absolute atomic E-state index is 10.8. The molecule has 1 rings (SSSR count). The summed E-state index contributed by atoms with van der Waals surface area (Å²) in [6.45, 7) is 0. The van der Waals surface area contributed by atoms with E-state index in [0.29, 0.717) is 0 Å². The fourth-order valence-electron chi connectivity index (χ4n) is 0.924. The van der Waals surface area contributed by atoms with Crippen LogP contribution in [-0.2, 0) is 9.53 Å². The Morgan fingerprint density at radius 3 is 2.79 bits per heavy atom. The third-order valence-electron chi connectivity index (χ3n) is 1.68. The minimum Gasteiger partial charge on any atom is -0.467 e. The molecule has 7 heteroatoms. The van der Waals surface area contributed by atoms with E-state index in [4.69, 9.17) is 5.73 Å². The number of nitrogens with two attached hydrogens (primary N) is 1. The molecular weight excluding hydrogens is 190 g/mol. The van der Waals surface area contributed by atoms with E-state index in [9.17, 15) is 15.0 Å². The molecule has 0 spiro atoms. The van der Waals surface area contributed by atoms with E-state index >= 15 is 0 Å². The molecule has 2 unspecified atom stereocenters. The molecule has 1 aromatic rings. The monoisotopic (exact) mass is 201 g/mol. The fourth-order valence-corrected chi connectivity index (χ4v) is 0.924. The van der Waals surface area contributed by atoms with E-state index in [0.717, 1.165) is 7.11 Å². The minimum absolute atomic E-state index is 0.153. The predicted molar refractivity (Wildman–Crippen MR) is 46.0 cm³/mol. The van der Waals surface area contributed by atoms with Crippen molar-refractivity contribution in [3.8, 4) is 0 Å². The van der Waals surface area contributed by atoms with Crippen LogP contribution in [0.4, 0.5) is 5.82 Å². The first-order chi connectivity index (χ1) is 6.56. The summed E-state index contributed by atoms with van der Waals surface area (Å²) < 4.78 is 4.25. The Labute approximate surface area is 79.5 Å². The van der Waals surface area contributed by atoms with E-state index in [1.54, 1.807) is 0 Å². The van der Waals surface area contributed by atoms with Gasteiger partial charge < -0.3 is 20.7 Å². The molecule has 78 valence electrons. The van der Waals surface area contributed by atoms with Gasteiger partial charge in [0, 0.05) is 6.07 Å². The van der Waals surface area contributed by atoms with Crippen LogP contribution in [0.2, 0.25) is 0 Å². The predicted octanol–water partition coefficient (Wildman–Crippen LogP) is -1.44. The molecule has 0 aliphatic heterocycles. The normalized spacial score (nSPS) is 14.8. The zero-order chi connectivity index (χ0) is 10.7. The highest BCUT2D eigenvalue weighted by Gasteiger charge is 2.27. The molecule has 0 aromatic carbocycles. The Morgan fingerprint density at radius 2 is 2.36 bits per heavy atom. The Morgan fingerprint density at radius 1 is 1.71 bits per heavy atom. The number of hydrogen-bond acceptors (Lipinski definition) is 6. The molecular formula is C7H11N3O4. The number of carbonyl (C=O) groups is 1. The van der Waals surface area contributed by atoms with E-state index in [1.165, 1.54) is 6.07 Å². The number of aromatic amines is 1. The second-order valence-corrected chi connectivity index (χ2v) is 2.66. The largest absolute Gasteiger partial charge is 0.467 e. The quantitative estimate of drug-likeness (QED) is 0.444. The summed E-state index contributed by atoms with van der Waals surface area (Å²) in [5.41, 5.74) is 5.43. The van der Waals surface area contributed by atoms with Crippen LogP contribution >= 0.6 is 0 Å². The lowest BCUT2D eigenvalue weighted by atomic mass is 10.1. The second kappa shape index (κ2) is 4.07. The molecule has 0 fully saturated rings. The van der Waals surface area contributed by atoms with E-state index < -0.39 is 18.2 Å². The number of hydrogen-bond donors (Lipinski definition) is 4. The van der Waals surface area contributed by atoms with Crippen LogP contribution in [0.15, 0.2) is 6.07 Å². The summed E-state index contributed by atoms with van der Waals surface area (Å²) in [6, 6.07) is 1.32. The fraction of sp³-hybridized carbons (Fsp3) is 0.429. The number of nitrogens with zero attached hydrogens (tertiary/aromatic N) is 1. The van der Waals surface area contributed by atoms with Gasteiger partial charge in [0.2, 0.25) is 0 Å². The standard InChI is InChI=1S/C7H11N3O4/c1-14-7(13)6(12)5(11)3-2-4(8)10-9-3/h2,5-6,11-12H,1H3,(H3,8,9,10). The van der Waals surface area contributed by atoms with Crippen molar-refractivity contribution in [1.82, 2.24) is 10.2 Å². The van der Waals surface area contributed by atoms with Crippen LogP contribution in [0.1, 0.15) is 11.8 Å². The number of H-pyrrole nitrogens is 1. The number of esters is 1. The first-order valence-electron chi connectivity index (χ1n) is 3.81. The number of nitrogens with one attached hydrogen (secondary N) is 1. The van der Waals surface area contributed by atoms with Gasteiger partial charge in [0.15, 0.2) is 6.10 Å². The number of nitrogen functional groups attached to an aromatic ring is 1. The molecule has 0 radical (unpaired) electrons. The SMILES string of the molecule is COC(=O)C(O)C(O)c1cc(N)n[nH]1. The van der Waals surface area contributed by atoms with Gasteiger partial charge in [0.05, 0.1) is 12.8 Å². The molecule has 1 heterocycles. The number of anilines is 1. The van der Waals surface area contributed by atoms with Gasteiger partial charge in [-0.1, -0.05) is 0 Å². The minimum atomic E-state index is -1.65. The van der Waals surface area contributed by atoms with Crippen LogP contribution in [0.3, 0.4) is 0 Å². The summed E-state index contributed by atoms with van der Waals surface area (Å²) in [7, 11) is 1.11. The molecule has 0 aliphatic rings. The van der Waals surface area contributed by atoms with Gasteiger partial charge in [-0.2, -0.15) is 5.10 Å². The summed E-state index contributed by atoms with van der Waals surface area (Å²) in [5, 5.41) is 24.6. The number of ether oxygens (including phenoxy) is 1. The van der Waals surface area contributed by atoms with Gasteiger partial charge in [-0.15, -0.1) is 0 Å². The first kappa shape index (κ1) is 10.5. The molecule has 7 nitrogen and oxygen atoms in total. The summed E-state index contributed by atoms with van der Waals surface area (Å²) in [6.07, 6.45) is -3.08. The van der Waals surface area contributed by atoms with Crippen molar-refractivity contribution in [2.24, 2.45) is 0 Å². The maximum Gasteiger partial charge on any atom is 0.337 e. The molecule has 0 amide bonds. The second-order valence-electron chi connectivity index (χ2n) is 2.66. The number of aliphatic hydroxyl groups is 2. The smallest absolute Gasteiger partial charge is 0.337 e. The first-order valence-corrected chi connectivity index (χ1v) is 3.81. The molecule has 1 aromatic heterocycles. The topological polar surface area (TPSA) is 121 Å². The average molecular weight is 201 g/mol. The molecule has 0 saturated heterocycles. The number of carbonyl (C=O) groups excluding carboxylic acids is 1. The van der Waals surface area contributed by atoms with Crippen LogP contribution in [-0.4, -0.2) is 39.6 Å². The summed E-state index contributed by atoms with van der Waals surface area (Å²) in [5.74, 6) is -0.762. The van der Waals surface area contributed by atoms with Crippen molar-refractivity contribution >= 4 is 11.8 Å². The van der Waals surface area contributed by atoms with Gasteiger partial charge in [0.1, 0.15) is 11.9 Å². The molecule has 14 heavy (non-hydrogen) atoms. The lowest BCUT2D eigenvalue weighted by Gasteiger charge is -2.13. The summed E-state index contributed by atoms with van der Waals surface area (Å²) in [4.78, 5) is 10.8. The van der Waals surface area contributed by atoms with Crippen molar-refractivity contribution in [1.29, 1.82) is 0 Å². The van der Waals surface area contributed by atoms with Gasteiger partial charge in [0.25, 0.3) is 0 Å². The maximum atomic E-state index is 10.8. The molecule has 0 aliphatic carbocycles. The van der Waals surface area contributed by atoms with Crippen LogP contribution in [0.25, 0.3) is 0 Å². The molecule has 0 bridgehead atoms. The van der Waals surface area contributed by atoms with Crippen molar-refractivity contribution in [2.45, 2.75) is 12.2 Å². The highest BCUT2D eigenvalue weighted by Crippen LogP contribution is 2.16. The van der Waals surface area contributed by atoms with Gasteiger partial charge in [-0.05, 0) is 0 Å². The number of aromatic nitrogens is 2. The summed E-state index contributed by atoms with van der Waals surface area (Å²) >= 11 is 0. The average Bonchev–Trinajstić information content (AvgIpc) is 2.61. The van der Waals surface area contributed by atoms with Crippen LogP contribution in [0.5, 0.6) is 0 Å². The number of rotatable bonds is 3. The third kappa shape index (κ3) is 2.01. The van der Waals surface area contributed by atoms with Crippen molar-refractivity contribution in [3.05, 3.63) is 11.8 Å². The number of aliphatic hydroxyl groups excluding tert-OH is 2. The molecule has 5 N–H and O–H groups in total. The van der Waals surface area contributed by atoms with Crippen molar-refractivity contribution in [3.63, 3.8) is 0 Å². The lowest BCUT2D eigenvalue weighted by Crippen LogP contribution is -2.29. The Balaban J connectivity index is 2.74. The number of methoxy groups -OCH3 is 1. The zero-order valence-corrected chi connectivity index (χ0v) is 7.47. The highest BCUT2D eigenvalue weighted by molar-refractivity contribution is 5.75.